The van der Waals surface area contributed by atoms with Gasteiger partial charge in [-0.05, 0) is 59.7 Å². The van der Waals surface area contributed by atoms with E-state index >= 15 is 0 Å². The highest BCUT2D eigenvalue weighted by molar-refractivity contribution is 6.30. The van der Waals surface area contributed by atoms with Gasteiger partial charge in [-0.15, -0.1) is 0 Å². The van der Waals surface area contributed by atoms with Crippen molar-refractivity contribution >= 4 is 34.2 Å². The van der Waals surface area contributed by atoms with Gasteiger partial charge in [-0.1, -0.05) is 92.4 Å². The first kappa shape index (κ1) is 25.2. The van der Waals surface area contributed by atoms with Gasteiger partial charge in [-0.25, -0.2) is 0 Å². The third-order valence-corrected chi connectivity index (χ3v) is 7.34. The van der Waals surface area contributed by atoms with Crippen molar-refractivity contribution in [2.24, 2.45) is 0 Å². The van der Waals surface area contributed by atoms with Crippen LogP contribution in [0.5, 0.6) is 0 Å². The van der Waals surface area contributed by atoms with Crippen LogP contribution < -0.4 is 5.32 Å². The topological polar surface area (TPSA) is 49.4 Å². The summed E-state index contributed by atoms with van der Waals surface area (Å²) in [7, 11) is 0. The van der Waals surface area contributed by atoms with Crippen molar-refractivity contribution in [1.29, 1.82) is 0 Å². The van der Waals surface area contributed by atoms with Gasteiger partial charge in [0.05, 0.1) is 0 Å². The minimum atomic E-state index is -0.493. The van der Waals surface area contributed by atoms with Crippen LogP contribution in [0.3, 0.4) is 0 Å². The summed E-state index contributed by atoms with van der Waals surface area (Å²) in [6.45, 7) is 2.38. The second kappa shape index (κ2) is 12.2. The summed E-state index contributed by atoms with van der Waals surface area (Å²) in [5.74, 6) is -0.0367. The van der Waals surface area contributed by atoms with Crippen molar-refractivity contribution in [2.75, 3.05) is 0 Å². The summed E-state index contributed by atoms with van der Waals surface area (Å²) in [5.41, 5.74) is 2.12. The molecule has 0 unspecified atom stereocenters. The number of nitrogens with zero attached hydrogens (tertiary/aromatic N) is 1. The monoisotopic (exact) mass is 490 g/mol. The van der Waals surface area contributed by atoms with Gasteiger partial charge in [0.25, 0.3) is 0 Å². The highest BCUT2D eigenvalue weighted by Crippen LogP contribution is 2.22. The molecule has 184 valence electrons. The van der Waals surface area contributed by atoms with Gasteiger partial charge in [-0.2, -0.15) is 0 Å². The predicted molar refractivity (Wildman–Crippen MR) is 143 cm³/mol. The number of hydrogen-bond acceptors (Lipinski definition) is 2. The maximum atomic E-state index is 13.6. The molecule has 0 aromatic heterocycles. The van der Waals surface area contributed by atoms with Crippen LogP contribution in [0.2, 0.25) is 5.02 Å². The SMILES string of the molecule is CC[C@H](C(=O)NC1CCCCC1)N(Cc1ccc(Cl)cc1)C(=O)CCc1cccc2ccccc12. The first-order valence-electron chi connectivity index (χ1n) is 12.9. The number of fused-ring (bicyclic) bond motifs is 1. The van der Waals surface area contributed by atoms with Crippen LogP contribution in [-0.4, -0.2) is 28.8 Å². The Kier molecular flexibility index (Phi) is 8.81. The number of nitrogens with one attached hydrogen (secondary N) is 1. The van der Waals surface area contributed by atoms with E-state index in [1.807, 2.05) is 49.4 Å². The largest absolute Gasteiger partial charge is 0.352 e. The fourth-order valence-corrected chi connectivity index (χ4v) is 5.27. The lowest BCUT2D eigenvalue weighted by atomic mass is 9.95. The molecule has 5 heteroatoms. The minimum Gasteiger partial charge on any atom is -0.352 e. The zero-order valence-corrected chi connectivity index (χ0v) is 21.3. The number of aryl methyl sites for hydroxylation is 1. The molecule has 0 spiro atoms. The van der Waals surface area contributed by atoms with Crippen LogP contribution in [0.15, 0.2) is 66.7 Å². The van der Waals surface area contributed by atoms with Crippen molar-refractivity contribution < 1.29 is 9.59 Å². The van der Waals surface area contributed by atoms with Crippen LogP contribution in [-0.2, 0) is 22.6 Å². The fourth-order valence-electron chi connectivity index (χ4n) is 5.15. The molecule has 3 aromatic carbocycles. The van der Waals surface area contributed by atoms with Gasteiger partial charge in [0, 0.05) is 24.0 Å². The first-order chi connectivity index (χ1) is 17.0. The lowest BCUT2D eigenvalue weighted by molar-refractivity contribution is -0.141. The van der Waals surface area contributed by atoms with Crippen LogP contribution in [0.1, 0.15) is 63.0 Å². The number of rotatable bonds is 9. The third kappa shape index (κ3) is 6.64. The van der Waals surface area contributed by atoms with Crippen LogP contribution >= 0.6 is 11.6 Å². The van der Waals surface area contributed by atoms with Gasteiger partial charge in [0.1, 0.15) is 6.04 Å². The molecule has 1 atom stereocenters. The predicted octanol–water partition coefficient (Wildman–Crippen LogP) is 6.68. The van der Waals surface area contributed by atoms with E-state index < -0.39 is 6.04 Å². The molecule has 0 heterocycles. The third-order valence-electron chi connectivity index (χ3n) is 7.09. The zero-order chi connectivity index (χ0) is 24.6. The molecule has 4 rings (SSSR count). The molecule has 1 aliphatic rings. The number of benzene rings is 3. The Morgan fingerprint density at radius 1 is 0.971 bits per heavy atom. The van der Waals surface area contributed by atoms with Crippen molar-refractivity contribution in [3.8, 4) is 0 Å². The molecular formula is C30H35ClN2O2. The molecular weight excluding hydrogens is 456 g/mol. The Labute approximate surface area is 213 Å². The van der Waals surface area contributed by atoms with E-state index in [2.05, 4.69) is 29.6 Å². The summed E-state index contributed by atoms with van der Waals surface area (Å²) in [5, 5.41) is 6.25. The Morgan fingerprint density at radius 2 is 1.69 bits per heavy atom. The highest BCUT2D eigenvalue weighted by atomic mass is 35.5. The molecule has 0 radical (unpaired) electrons. The van der Waals surface area contributed by atoms with E-state index in [9.17, 15) is 9.59 Å². The number of halogens is 1. The smallest absolute Gasteiger partial charge is 0.243 e. The van der Waals surface area contributed by atoms with E-state index in [0.717, 1.165) is 36.8 Å². The van der Waals surface area contributed by atoms with Crippen LogP contribution in [0.4, 0.5) is 0 Å². The van der Waals surface area contributed by atoms with E-state index in [-0.39, 0.29) is 17.9 Å². The minimum absolute atomic E-state index is 0.00136. The molecule has 0 bridgehead atoms. The van der Waals surface area contributed by atoms with Gasteiger partial charge in [0.2, 0.25) is 11.8 Å². The fraction of sp³-hybridized carbons (Fsp3) is 0.400. The number of amides is 2. The van der Waals surface area contributed by atoms with Crippen LogP contribution in [0, 0.1) is 0 Å². The molecule has 0 aliphatic heterocycles. The number of hydrogen-bond donors (Lipinski definition) is 1. The maximum Gasteiger partial charge on any atom is 0.243 e. The second-order valence-electron chi connectivity index (χ2n) is 9.55. The van der Waals surface area contributed by atoms with Crippen molar-refractivity contribution in [3.63, 3.8) is 0 Å². The quantitative estimate of drug-likeness (QED) is 0.363. The van der Waals surface area contributed by atoms with Gasteiger partial charge >= 0.3 is 0 Å². The maximum absolute atomic E-state index is 13.6. The van der Waals surface area contributed by atoms with E-state index in [1.54, 1.807) is 4.90 Å². The second-order valence-corrected chi connectivity index (χ2v) is 9.99. The molecule has 0 saturated heterocycles. The summed E-state index contributed by atoms with van der Waals surface area (Å²) in [4.78, 5) is 28.8. The summed E-state index contributed by atoms with van der Waals surface area (Å²) in [6, 6.07) is 21.7. The number of carbonyl (C=O) groups excluding carboxylic acids is 2. The van der Waals surface area contributed by atoms with Gasteiger partial charge in [-0.3, -0.25) is 9.59 Å². The van der Waals surface area contributed by atoms with Crippen molar-refractivity contribution in [2.45, 2.75) is 76.9 Å². The Hall–Kier alpha value is -2.85. The van der Waals surface area contributed by atoms with Gasteiger partial charge in [0.15, 0.2) is 0 Å². The Morgan fingerprint density at radius 3 is 2.43 bits per heavy atom. The number of carbonyl (C=O) groups is 2. The molecule has 1 N–H and O–H groups in total. The average molecular weight is 491 g/mol. The summed E-state index contributed by atoms with van der Waals surface area (Å²) < 4.78 is 0. The van der Waals surface area contributed by atoms with Crippen molar-refractivity contribution in [1.82, 2.24) is 10.2 Å². The van der Waals surface area contributed by atoms with E-state index in [0.29, 0.717) is 30.8 Å². The van der Waals surface area contributed by atoms with E-state index in [4.69, 9.17) is 11.6 Å². The molecule has 1 fully saturated rings. The normalized spacial score (nSPS) is 15.0. The van der Waals surface area contributed by atoms with E-state index in [1.165, 1.54) is 17.2 Å². The average Bonchev–Trinajstić information content (AvgIpc) is 2.89. The summed E-state index contributed by atoms with van der Waals surface area (Å²) in [6.07, 6.45) is 7.15. The Bertz CT molecular complexity index is 1130. The first-order valence-corrected chi connectivity index (χ1v) is 13.2. The molecule has 3 aromatic rings. The van der Waals surface area contributed by atoms with Crippen molar-refractivity contribution in [3.05, 3.63) is 82.9 Å². The molecule has 35 heavy (non-hydrogen) atoms. The zero-order valence-electron chi connectivity index (χ0n) is 20.5. The Balaban J connectivity index is 1.52. The van der Waals surface area contributed by atoms with Gasteiger partial charge < -0.3 is 10.2 Å². The highest BCUT2D eigenvalue weighted by Gasteiger charge is 2.30. The lowest BCUT2D eigenvalue weighted by Crippen LogP contribution is -2.51. The standard InChI is InChI=1S/C30H35ClN2O2/c1-2-28(30(35)32-26-12-4-3-5-13-26)33(21-22-15-18-25(31)19-16-22)29(34)20-17-24-11-8-10-23-9-6-7-14-27(23)24/h6-11,14-16,18-19,26,28H,2-5,12-13,17,20-21H2,1H3,(H,32,35)/t28-/m1/s1. The van der Waals surface area contributed by atoms with Crippen LogP contribution in [0.25, 0.3) is 10.8 Å². The molecule has 1 saturated carbocycles. The molecule has 4 nitrogen and oxygen atoms in total. The molecule has 1 aliphatic carbocycles. The summed E-state index contributed by atoms with van der Waals surface area (Å²) >= 11 is 6.08. The lowest BCUT2D eigenvalue weighted by Gasteiger charge is -2.33. The molecule has 2 amide bonds.